The molecule has 0 unspecified atom stereocenters. The topological polar surface area (TPSA) is 111 Å². The molecule has 3 N–H and O–H groups in total. The lowest BCUT2D eigenvalue weighted by atomic mass is 10.2. The number of anilines is 1. The van der Waals surface area contributed by atoms with Gasteiger partial charge in [-0.1, -0.05) is 6.07 Å². The number of methoxy groups -OCH3 is 1. The first-order valence-corrected chi connectivity index (χ1v) is 13.7. The number of aromatic amines is 2. The number of carbonyl (C=O) groups excluding carboxylic acids is 1. The number of aromatic nitrogens is 4. The molecular weight excluding hydrogens is 502 g/mol. The van der Waals surface area contributed by atoms with E-state index in [2.05, 4.69) is 41.8 Å². The first-order valence-electron chi connectivity index (χ1n) is 12.9. The Bertz CT molecular complexity index is 1420. The van der Waals surface area contributed by atoms with Crippen molar-refractivity contribution in [2.75, 3.05) is 51.8 Å². The van der Waals surface area contributed by atoms with E-state index in [9.17, 15) is 4.79 Å². The first-order chi connectivity index (χ1) is 18.7. The van der Waals surface area contributed by atoms with Gasteiger partial charge in [0.2, 0.25) is 0 Å². The van der Waals surface area contributed by atoms with E-state index in [1.165, 1.54) is 18.4 Å². The minimum atomic E-state index is -0.266. The Hall–Kier alpha value is -3.38. The highest BCUT2D eigenvalue weighted by molar-refractivity contribution is 7.97. The average molecular weight is 534 g/mol. The molecule has 0 spiro atoms. The van der Waals surface area contributed by atoms with Crippen LogP contribution in [0.3, 0.4) is 0 Å². The Morgan fingerprint density at radius 3 is 2.79 bits per heavy atom. The van der Waals surface area contributed by atoms with Gasteiger partial charge < -0.3 is 19.8 Å². The molecule has 38 heavy (non-hydrogen) atoms. The number of ether oxygens (including phenoxy) is 2. The van der Waals surface area contributed by atoms with Crippen molar-refractivity contribution in [3.8, 4) is 17.3 Å². The van der Waals surface area contributed by atoms with Gasteiger partial charge in [0.05, 0.1) is 48.8 Å². The fourth-order valence-corrected chi connectivity index (χ4v) is 5.93. The number of hydrogen-bond acceptors (Lipinski definition) is 8. The van der Waals surface area contributed by atoms with E-state index in [0.29, 0.717) is 28.5 Å². The van der Waals surface area contributed by atoms with Crippen LogP contribution in [-0.2, 0) is 11.3 Å². The number of morpholine rings is 1. The molecule has 11 heteroatoms. The molecule has 2 saturated heterocycles. The van der Waals surface area contributed by atoms with Crippen LogP contribution in [0.15, 0.2) is 47.5 Å². The van der Waals surface area contributed by atoms with Gasteiger partial charge in [0.1, 0.15) is 11.4 Å². The number of benzene rings is 2. The quantitative estimate of drug-likeness (QED) is 0.290. The van der Waals surface area contributed by atoms with E-state index in [0.717, 1.165) is 61.9 Å². The van der Waals surface area contributed by atoms with E-state index < -0.39 is 0 Å². The van der Waals surface area contributed by atoms with Crippen molar-refractivity contribution in [1.82, 2.24) is 29.4 Å². The monoisotopic (exact) mass is 533 g/mol. The molecule has 4 aromatic rings. The van der Waals surface area contributed by atoms with E-state index in [4.69, 9.17) is 14.5 Å². The SMILES string of the molecule is COc1ccc(SN2CCCC2)cc1C(=O)Nc1cn[nH]c1-c1nc2ccc(CN3CCOCC3)cc2[nH]1. The van der Waals surface area contributed by atoms with Crippen LogP contribution in [-0.4, -0.2) is 81.8 Å². The first kappa shape index (κ1) is 24.9. The minimum absolute atomic E-state index is 0.266. The lowest BCUT2D eigenvalue weighted by molar-refractivity contribution is 0.0342. The van der Waals surface area contributed by atoms with Crippen LogP contribution in [0.5, 0.6) is 5.75 Å². The Labute approximate surface area is 225 Å². The summed E-state index contributed by atoms with van der Waals surface area (Å²) < 4.78 is 13.3. The number of hydrogen-bond donors (Lipinski definition) is 3. The lowest BCUT2D eigenvalue weighted by Gasteiger charge is -2.26. The van der Waals surface area contributed by atoms with Crippen LogP contribution < -0.4 is 10.1 Å². The van der Waals surface area contributed by atoms with Crippen LogP contribution in [0.1, 0.15) is 28.8 Å². The number of nitrogens with zero attached hydrogens (tertiary/aromatic N) is 4. The third-order valence-corrected chi connectivity index (χ3v) is 7.98. The molecule has 4 heterocycles. The zero-order valence-corrected chi connectivity index (χ0v) is 22.1. The maximum atomic E-state index is 13.4. The zero-order valence-electron chi connectivity index (χ0n) is 21.3. The van der Waals surface area contributed by atoms with Gasteiger partial charge in [-0.15, -0.1) is 0 Å². The molecule has 6 rings (SSSR count). The molecule has 0 saturated carbocycles. The van der Waals surface area contributed by atoms with E-state index in [1.54, 1.807) is 25.3 Å². The largest absolute Gasteiger partial charge is 0.496 e. The predicted molar refractivity (Wildman–Crippen MR) is 147 cm³/mol. The van der Waals surface area contributed by atoms with E-state index in [-0.39, 0.29) is 5.91 Å². The van der Waals surface area contributed by atoms with Gasteiger partial charge in [-0.2, -0.15) is 5.10 Å². The van der Waals surface area contributed by atoms with Crippen LogP contribution in [0.4, 0.5) is 5.69 Å². The van der Waals surface area contributed by atoms with Gasteiger partial charge in [0.25, 0.3) is 5.91 Å². The standard InChI is InChI=1S/C27H31N7O3S/c1-36-24-7-5-19(38-34-8-2-3-9-34)15-20(24)27(35)31-23-16-28-32-25(23)26-29-21-6-4-18(14-22(21)30-26)17-33-10-12-37-13-11-33/h4-7,14-16H,2-3,8-13,17H2,1H3,(H,28,32)(H,29,30)(H,31,35). The predicted octanol–water partition coefficient (Wildman–Crippen LogP) is 4.15. The Morgan fingerprint density at radius 1 is 1.13 bits per heavy atom. The van der Waals surface area contributed by atoms with Crippen molar-refractivity contribution in [1.29, 1.82) is 0 Å². The molecule has 10 nitrogen and oxygen atoms in total. The van der Waals surface area contributed by atoms with Crippen molar-refractivity contribution in [3.05, 3.63) is 53.7 Å². The van der Waals surface area contributed by atoms with E-state index in [1.807, 2.05) is 24.3 Å². The summed E-state index contributed by atoms with van der Waals surface area (Å²) in [6.45, 7) is 6.42. The van der Waals surface area contributed by atoms with Crippen molar-refractivity contribution < 1.29 is 14.3 Å². The van der Waals surface area contributed by atoms with Crippen LogP contribution in [0.25, 0.3) is 22.6 Å². The molecule has 2 aromatic carbocycles. The van der Waals surface area contributed by atoms with Crippen LogP contribution >= 0.6 is 11.9 Å². The molecule has 1 amide bonds. The van der Waals surface area contributed by atoms with Crippen molar-refractivity contribution in [2.24, 2.45) is 0 Å². The second-order valence-electron chi connectivity index (χ2n) is 9.53. The van der Waals surface area contributed by atoms with Gasteiger partial charge in [-0.05, 0) is 60.7 Å². The highest BCUT2D eigenvalue weighted by Crippen LogP contribution is 2.32. The lowest BCUT2D eigenvalue weighted by Crippen LogP contribution is -2.35. The fourth-order valence-electron chi connectivity index (χ4n) is 4.89. The summed E-state index contributed by atoms with van der Waals surface area (Å²) in [7, 11) is 1.57. The summed E-state index contributed by atoms with van der Waals surface area (Å²) >= 11 is 1.68. The van der Waals surface area contributed by atoms with Crippen molar-refractivity contribution in [3.63, 3.8) is 0 Å². The molecule has 0 atom stereocenters. The summed E-state index contributed by atoms with van der Waals surface area (Å²) in [4.78, 5) is 24.9. The van der Waals surface area contributed by atoms with Crippen LogP contribution in [0, 0.1) is 0 Å². The average Bonchev–Trinajstić information content (AvgIpc) is 3.70. The number of H-pyrrole nitrogens is 2. The van der Waals surface area contributed by atoms with Crippen molar-refractivity contribution >= 4 is 34.6 Å². The summed E-state index contributed by atoms with van der Waals surface area (Å²) in [5, 5.41) is 10.2. The number of nitrogens with one attached hydrogen (secondary N) is 3. The number of amides is 1. The summed E-state index contributed by atoms with van der Waals surface area (Å²) in [5.41, 5.74) is 4.64. The van der Waals surface area contributed by atoms with Gasteiger partial charge in [0, 0.05) is 37.6 Å². The summed E-state index contributed by atoms with van der Waals surface area (Å²) in [6.07, 6.45) is 4.01. The normalized spacial score (nSPS) is 16.8. The number of rotatable bonds is 8. The third kappa shape index (κ3) is 5.41. The molecule has 0 bridgehead atoms. The van der Waals surface area contributed by atoms with Gasteiger partial charge in [0.15, 0.2) is 5.82 Å². The Kier molecular flexibility index (Phi) is 7.32. The highest BCUT2D eigenvalue weighted by atomic mass is 32.2. The maximum absolute atomic E-state index is 13.4. The second-order valence-corrected chi connectivity index (χ2v) is 10.7. The van der Waals surface area contributed by atoms with Gasteiger partial charge >= 0.3 is 0 Å². The Balaban J connectivity index is 1.21. The molecule has 0 aliphatic carbocycles. The summed E-state index contributed by atoms with van der Waals surface area (Å²) in [5.74, 6) is 0.869. The second kappa shape index (κ2) is 11.2. The number of carbonyl (C=O) groups is 1. The molecule has 0 radical (unpaired) electrons. The molecule has 2 aromatic heterocycles. The van der Waals surface area contributed by atoms with Gasteiger partial charge in [-0.25, -0.2) is 9.29 Å². The fraction of sp³-hybridized carbons (Fsp3) is 0.370. The molecule has 2 aliphatic rings. The Morgan fingerprint density at radius 2 is 1.97 bits per heavy atom. The summed E-state index contributed by atoms with van der Waals surface area (Å²) in [6, 6.07) is 12.0. The number of imidazole rings is 1. The number of fused-ring (bicyclic) bond motifs is 1. The highest BCUT2D eigenvalue weighted by Gasteiger charge is 2.20. The molecule has 198 valence electrons. The minimum Gasteiger partial charge on any atom is -0.496 e. The zero-order chi connectivity index (χ0) is 25.9. The molecule has 2 aliphatic heterocycles. The smallest absolute Gasteiger partial charge is 0.259 e. The third-order valence-electron chi connectivity index (χ3n) is 6.90. The van der Waals surface area contributed by atoms with Crippen molar-refractivity contribution in [2.45, 2.75) is 24.3 Å². The van der Waals surface area contributed by atoms with E-state index >= 15 is 0 Å². The molecular formula is C27H31N7O3S. The molecule has 2 fully saturated rings. The maximum Gasteiger partial charge on any atom is 0.259 e. The van der Waals surface area contributed by atoms with Gasteiger partial charge in [-0.3, -0.25) is 14.8 Å². The van der Waals surface area contributed by atoms with Crippen LogP contribution in [0.2, 0.25) is 0 Å².